The molecule has 3 heteroatoms. The lowest BCUT2D eigenvalue weighted by Crippen LogP contribution is -2.29. The minimum Gasteiger partial charge on any atom is -0.396 e. The number of amides is 1. The van der Waals surface area contributed by atoms with Crippen molar-refractivity contribution in [2.24, 2.45) is 0 Å². The summed E-state index contributed by atoms with van der Waals surface area (Å²) in [5.74, 6) is 0.0456. The fourth-order valence-electron chi connectivity index (χ4n) is 2.43. The van der Waals surface area contributed by atoms with Crippen LogP contribution >= 0.6 is 0 Å². The third-order valence-corrected chi connectivity index (χ3v) is 3.49. The molecule has 0 bridgehead atoms. The summed E-state index contributed by atoms with van der Waals surface area (Å²) in [5.41, 5.74) is 2.01. The molecule has 1 atom stereocenters. The van der Waals surface area contributed by atoms with Crippen LogP contribution in [0.25, 0.3) is 0 Å². The van der Waals surface area contributed by atoms with E-state index < -0.39 is 0 Å². The smallest absolute Gasteiger partial charge is 0.247 e. The van der Waals surface area contributed by atoms with Gasteiger partial charge < -0.3 is 10.4 Å². The lowest BCUT2D eigenvalue weighted by molar-refractivity contribution is -0.118. The Morgan fingerprint density at radius 2 is 2.11 bits per heavy atom. The van der Waals surface area contributed by atoms with Crippen LogP contribution in [-0.2, 0) is 4.79 Å². The van der Waals surface area contributed by atoms with Gasteiger partial charge in [0.1, 0.15) is 0 Å². The maximum atomic E-state index is 12.2. The second-order valence-electron chi connectivity index (χ2n) is 4.92. The van der Waals surface area contributed by atoms with Crippen LogP contribution in [0.1, 0.15) is 43.7 Å². The minimum atomic E-state index is -0.0117. The summed E-state index contributed by atoms with van der Waals surface area (Å²) in [5, 5.41) is 12.1. The average molecular weight is 259 g/mol. The zero-order valence-electron chi connectivity index (χ0n) is 11.1. The van der Waals surface area contributed by atoms with Crippen LogP contribution < -0.4 is 5.32 Å². The van der Waals surface area contributed by atoms with Crippen LogP contribution in [0.4, 0.5) is 0 Å². The van der Waals surface area contributed by atoms with Crippen LogP contribution in [0.2, 0.25) is 0 Å². The third-order valence-electron chi connectivity index (χ3n) is 3.49. The topological polar surface area (TPSA) is 49.3 Å². The van der Waals surface area contributed by atoms with Crippen molar-refractivity contribution < 1.29 is 9.90 Å². The number of hydrogen-bond donors (Lipinski definition) is 2. The molecule has 0 aromatic heterocycles. The van der Waals surface area contributed by atoms with E-state index in [1.165, 1.54) is 0 Å². The van der Waals surface area contributed by atoms with E-state index in [2.05, 4.69) is 5.32 Å². The number of allylic oxidation sites excluding steroid dienone is 1. The van der Waals surface area contributed by atoms with Crippen molar-refractivity contribution in [3.63, 3.8) is 0 Å². The number of aliphatic hydroxyl groups is 1. The van der Waals surface area contributed by atoms with Crippen molar-refractivity contribution in [2.75, 3.05) is 6.61 Å². The molecule has 0 spiro atoms. The van der Waals surface area contributed by atoms with E-state index in [0.29, 0.717) is 6.42 Å². The second kappa shape index (κ2) is 7.10. The van der Waals surface area contributed by atoms with Gasteiger partial charge in [0, 0.05) is 12.2 Å². The summed E-state index contributed by atoms with van der Waals surface area (Å²) < 4.78 is 0. The van der Waals surface area contributed by atoms with Crippen LogP contribution in [0, 0.1) is 0 Å². The Kier molecular flexibility index (Phi) is 5.16. The zero-order chi connectivity index (χ0) is 13.5. The third kappa shape index (κ3) is 3.93. The normalized spacial score (nSPS) is 15.9. The Bertz CT molecular complexity index is 439. The molecule has 0 saturated carbocycles. The Morgan fingerprint density at radius 1 is 1.32 bits per heavy atom. The summed E-state index contributed by atoms with van der Waals surface area (Å²) in [6.07, 6.45) is 6.46. The first-order valence-electron chi connectivity index (χ1n) is 6.97. The largest absolute Gasteiger partial charge is 0.396 e. The Hall–Kier alpha value is -1.61. The first-order chi connectivity index (χ1) is 9.31. The summed E-state index contributed by atoms with van der Waals surface area (Å²) >= 11 is 0. The highest BCUT2D eigenvalue weighted by atomic mass is 16.3. The number of hydrogen-bond acceptors (Lipinski definition) is 2. The van der Waals surface area contributed by atoms with Crippen LogP contribution in [0.3, 0.4) is 0 Å². The maximum absolute atomic E-state index is 12.2. The molecule has 1 aliphatic rings. The van der Waals surface area contributed by atoms with Crippen molar-refractivity contribution in [2.45, 2.75) is 38.1 Å². The molecule has 2 rings (SSSR count). The molecule has 0 heterocycles. The molecule has 1 aromatic carbocycles. The van der Waals surface area contributed by atoms with Gasteiger partial charge in [-0.1, -0.05) is 36.4 Å². The highest BCUT2D eigenvalue weighted by Gasteiger charge is 2.18. The molecular formula is C16H21NO2. The van der Waals surface area contributed by atoms with Gasteiger partial charge in [-0.25, -0.2) is 0 Å². The molecule has 2 N–H and O–H groups in total. The Labute approximate surface area is 114 Å². The van der Waals surface area contributed by atoms with Gasteiger partial charge in [0.15, 0.2) is 0 Å². The van der Waals surface area contributed by atoms with Crippen molar-refractivity contribution in [3.05, 3.63) is 47.5 Å². The number of carbonyl (C=O) groups is 1. The van der Waals surface area contributed by atoms with Gasteiger partial charge in [-0.15, -0.1) is 0 Å². The molecule has 1 amide bonds. The van der Waals surface area contributed by atoms with Gasteiger partial charge in [-0.05, 0) is 37.7 Å². The van der Waals surface area contributed by atoms with Crippen molar-refractivity contribution >= 4 is 5.91 Å². The molecule has 1 aromatic rings. The fraction of sp³-hybridized carbons (Fsp3) is 0.438. The number of nitrogens with one attached hydrogen (secondary N) is 1. The van der Waals surface area contributed by atoms with Crippen LogP contribution in [0.5, 0.6) is 0 Å². The van der Waals surface area contributed by atoms with Gasteiger partial charge in [0.2, 0.25) is 5.91 Å². The summed E-state index contributed by atoms with van der Waals surface area (Å²) in [7, 11) is 0. The Balaban J connectivity index is 2.03. The van der Waals surface area contributed by atoms with Gasteiger partial charge >= 0.3 is 0 Å². The second-order valence-corrected chi connectivity index (χ2v) is 4.92. The molecule has 0 fully saturated rings. The molecule has 1 unspecified atom stereocenters. The molecule has 19 heavy (non-hydrogen) atoms. The van der Waals surface area contributed by atoms with E-state index in [-0.39, 0.29) is 18.6 Å². The van der Waals surface area contributed by atoms with E-state index in [0.717, 1.165) is 36.8 Å². The Morgan fingerprint density at radius 3 is 2.74 bits per heavy atom. The van der Waals surface area contributed by atoms with E-state index in [1.807, 2.05) is 36.4 Å². The monoisotopic (exact) mass is 259 g/mol. The number of carbonyl (C=O) groups excluding carboxylic acids is 1. The van der Waals surface area contributed by atoms with E-state index in [1.54, 1.807) is 0 Å². The summed E-state index contributed by atoms with van der Waals surface area (Å²) in [4.78, 5) is 12.2. The minimum absolute atomic E-state index is 0.0117. The summed E-state index contributed by atoms with van der Waals surface area (Å²) in [6, 6.07) is 9.94. The van der Waals surface area contributed by atoms with Crippen molar-refractivity contribution in [3.8, 4) is 0 Å². The van der Waals surface area contributed by atoms with Gasteiger partial charge in [0.25, 0.3) is 0 Å². The lowest BCUT2D eigenvalue weighted by Gasteiger charge is -2.19. The van der Waals surface area contributed by atoms with Gasteiger partial charge in [-0.2, -0.15) is 0 Å². The lowest BCUT2D eigenvalue weighted by atomic mass is 10.0. The van der Waals surface area contributed by atoms with E-state index in [9.17, 15) is 4.79 Å². The van der Waals surface area contributed by atoms with Crippen LogP contribution in [0.15, 0.2) is 42.0 Å². The van der Waals surface area contributed by atoms with E-state index in [4.69, 9.17) is 5.11 Å². The van der Waals surface area contributed by atoms with Crippen molar-refractivity contribution in [1.82, 2.24) is 5.32 Å². The van der Waals surface area contributed by atoms with Crippen LogP contribution in [-0.4, -0.2) is 17.6 Å². The predicted octanol–water partition coefficient (Wildman–Crippen LogP) is 2.73. The van der Waals surface area contributed by atoms with Gasteiger partial charge in [0.05, 0.1) is 6.04 Å². The van der Waals surface area contributed by atoms with Gasteiger partial charge in [-0.3, -0.25) is 4.79 Å². The molecule has 3 nitrogen and oxygen atoms in total. The molecule has 0 radical (unpaired) electrons. The first kappa shape index (κ1) is 13.8. The molecule has 102 valence electrons. The highest BCUT2D eigenvalue weighted by Crippen LogP contribution is 2.22. The molecule has 1 aliphatic carbocycles. The molecule has 0 aliphatic heterocycles. The molecule has 0 saturated heterocycles. The molecular weight excluding hydrogens is 238 g/mol. The number of benzene rings is 1. The maximum Gasteiger partial charge on any atom is 0.247 e. The predicted molar refractivity (Wildman–Crippen MR) is 75.6 cm³/mol. The quantitative estimate of drug-likeness (QED) is 0.825. The number of rotatable bonds is 6. The van der Waals surface area contributed by atoms with Crippen molar-refractivity contribution in [1.29, 1.82) is 0 Å². The SMILES string of the molecule is O=C(NC(CCCO)c1ccccc1)C1=CCCC1. The standard InChI is InChI=1S/C16H21NO2/c18-12-6-11-15(13-7-2-1-3-8-13)17-16(19)14-9-4-5-10-14/h1-3,7-9,15,18H,4-6,10-12H2,(H,17,19). The summed E-state index contributed by atoms with van der Waals surface area (Å²) in [6.45, 7) is 0.155. The fourth-order valence-corrected chi connectivity index (χ4v) is 2.43. The average Bonchev–Trinajstić information content (AvgIpc) is 2.98. The zero-order valence-corrected chi connectivity index (χ0v) is 11.1. The highest BCUT2D eigenvalue weighted by molar-refractivity contribution is 5.94. The first-order valence-corrected chi connectivity index (χ1v) is 6.97. The van der Waals surface area contributed by atoms with E-state index >= 15 is 0 Å². The number of aliphatic hydroxyl groups excluding tert-OH is 1.